The molecule has 1 unspecified atom stereocenters. The smallest absolute Gasteiger partial charge is 0.192 e. The summed E-state index contributed by atoms with van der Waals surface area (Å²) in [7, 11) is 1.96. The van der Waals surface area contributed by atoms with Crippen molar-refractivity contribution in [2.24, 2.45) is 12.0 Å². The van der Waals surface area contributed by atoms with Gasteiger partial charge < -0.3 is 15.2 Å². The first-order valence-corrected chi connectivity index (χ1v) is 10.4. The molecule has 2 N–H and O–H groups in total. The summed E-state index contributed by atoms with van der Waals surface area (Å²) in [6, 6.07) is 21.0. The molecule has 1 heterocycles. The summed E-state index contributed by atoms with van der Waals surface area (Å²) in [6.45, 7) is 9.76. The van der Waals surface area contributed by atoms with E-state index in [0.29, 0.717) is 6.54 Å². The minimum atomic E-state index is -0.0406. The Morgan fingerprint density at radius 2 is 1.67 bits per heavy atom. The minimum absolute atomic E-state index is 0.0406. The Hall–Kier alpha value is -3.15. The van der Waals surface area contributed by atoms with Gasteiger partial charge in [-0.25, -0.2) is 4.99 Å². The van der Waals surface area contributed by atoms with Crippen LogP contribution in [0.25, 0.3) is 0 Å². The molecule has 1 atom stereocenters. The first-order valence-electron chi connectivity index (χ1n) is 10.4. The van der Waals surface area contributed by atoms with E-state index in [1.807, 2.05) is 30.7 Å². The molecule has 1 aromatic heterocycles. The van der Waals surface area contributed by atoms with Crippen LogP contribution in [0.3, 0.4) is 0 Å². The van der Waals surface area contributed by atoms with Crippen LogP contribution >= 0.6 is 0 Å². The van der Waals surface area contributed by atoms with Crippen LogP contribution in [0.1, 0.15) is 49.6 Å². The molecule has 0 bridgehead atoms. The standard InChI is InChI=1S/C24H32N6/c1-18(20-12-8-6-9-13-20)27-23(25-16-22-29-28-19(2)30(22)5)26-17-24(3,4)21-14-10-7-11-15-21/h6-15,18H,16-17H2,1-5H3,(H2,25,26,27). The van der Waals surface area contributed by atoms with Crippen LogP contribution in [0.5, 0.6) is 0 Å². The predicted octanol–water partition coefficient (Wildman–Crippen LogP) is 3.90. The molecule has 0 aliphatic heterocycles. The third-order valence-electron chi connectivity index (χ3n) is 5.47. The molecule has 0 saturated heterocycles. The molecule has 158 valence electrons. The molecule has 0 aliphatic carbocycles. The zero-order valence-corrected chi connectivity index (χ0v) is 18.6. The maximum atomic E-state index is 4.80. The lowest BCUT2D eigenvalue weighted by Crippen LogP contribution is -2.44. The van der Waals surface area contributed by atoms with Gasteiger partial charge in [-0.15, -0.1) is 10.2 Å². The largest absolute Gasteiger partial charge is 0.356 e. The van der Waals surface area contributed by atoms with Gasteiger partial charge in [0.25, 0.3) is 0 Å². The number of hydrogen-bond donors (Lipinski definition) is 2. The van der Waals surface area contributed by atoms with E-state index < -0.39 is 0 Å². The molecule has 0 fully saturated rings. The Balaban J connectivity index is 1.76. The lowest BCUT2D eigenvalue weighted by Gasteiger charge is -2.28. The van der Waals surface area contributed by atoms with Gasteiger partial charge in [0.1, 0.15) is 12.4 Å². The van der Waals surface area contributed by atoms with Crippen LogP contribution in [0, 0.1) is 6.92 Å². The van der Waals surface area contributed by atoms with Crippen molar-refractivity contribution < 1.29 is 0 Å². The van der Waals surface area contributed by atoms with Crippen molar-refractivity contribution in [1.82, 2.24) is 25.4 Å². The van der Waals surface area contributed by atoms with Crippen LogP contribution in [-0.4, -0.2) is 27.3 Å². The summed E-state index contributed by atoms with van der Waals surface area (Å²) in [4.78, 5) is 4.80. The molecule has 0 spiro atoms. The van der Waals surface area contributed by atoms with E-state index >= 15 is 0 Å². The maximum Gasteiger partial charge on any atom is 0.192 e. The van der Waals surface area contributed by atoms with Crippen LogP contribution in [-0.2, 0) is 19.0 Å². The highest BCUT2D eigenvalue weighted by molar-refractivity contribution is 5.80. The molecule has 6 heteroatoms. The number of nitrogens with one attached hydrogen (secondary N) is 2. The number of guanidine groups is 1. The van der Waals surface area contributed by atoms with E-state index in [9.17, 15) is 0 Å². The highest BCUT2D eigenvalue weighted by atomic mass is 15.3. The number of hydrogen-bond acceptors (Lipinski definition) is 3. The van der Waals surface area contributed by atoms with Crippen molar-refractivity contribution in [2.75, 3.05) is 6.54 Å². The summed E-state index contributed by atoms with van der Waals surface area (Å²) in [5, 5.41) is 15.4. The number of rotatable bonds is 7. The van der Waals surface area contributed by atoms with E-state index in [1.165, 1.54) is 11.1 Å². The van der Waals surface area contributed by atoms with Gasteiger partial charge in [-0.05, 0) is 25.0 Å². The van der Waals surface area contributed by atoms with Gasteiger partial charge in [0, 0.05) is 19.0 Å². The molecule has 3 rings (SSSR count). The summed E-state index contributed by atoms with van der Waals surface area (Å²) < 4.78 is 1.97. The SMILES string of the molecule is Cc1nnc(CN=C(NCC(C)(C)c2ccccc2)NC(C)c2ccccc2)n1C. The van der Waals surface area contributed by atoms with Gasteiger partial charge in [-0.3, -0.25) is 0 Å². The predicted molar refractivity (Wildman–Crippen MR) is 122 cm³/mol. The quantitative estimate of drug-likeness (QED) is 0.463. The second-order valence-electron chi connectivity index (χ2n) is 8.27. The van der Waals surface area contributed by atoms with Crippen LogP contribution in [0.2, 0.25) is 0 Å². The summed E-state index contributed by atoms with van der Waals surface area (Å²) in [5.74, 6) is 2.48. The average molecular weight is 405 g/mol. The molecular weight excluding hydrogens is 372 g/mol. The van der Waals surface area contributed by atoms with E-state index in [1.54, 1.807) is 0 Å². The summed E-state index contributed by atoms with van der Waals surface area (Å²) >= 11 is 0. The van der Waals surface area contributed by atoms with Crippen molar-refractivity contribution in [2.45, 2.75) is 45.7 Å². The summed E-state index contributed by atoms with van der Waals surface area (Å²) in [6.07, 6.45) is 0. The fraction of sp³-hybridized carbons (Fsp3) is 0.375. The Kier molecular flexibility index (Phi) is 6.87. The summed E-state index contributed by atoms with van der Waals surface area (Å²) in [5.41, 5.74) is 2.46. The molecule has 0 amide bonds. The molecule has 0 radical (unpaired) electrons. The van der Waals surface area contributed by atoms with Crippen LogP contribution < -0.4 is 10.6 Å². The maximum absolute atomic E-state index is 4.80. The van der Waals surface area contributed by atoms with Crippen molar-refractivity contribution in [3.63, 3.8) is 0 Å². The number of aromatic nitrogens is 3. The number of benzene rings is 2. The van der Waals surface area contributed by atoms with Crippen molar-refractivity contribution in [3.05, 3.63) is 83.4 Å². The topological polar surface area (TPSA) is 67.1 Å². The highest BCUT2D eigenvalue weighted by Gasteiger charge is 2.21. The minimum Gasteiger partial charge on any atom is -0.356 e. The molecule has 2 aromatic carbocycles. The van der Waals surface area contributed by atoms with Crippen molar-refractivity contribution >= 4 is 5.96 Å². The van der Waals surface area contributed by atoms with Crippen LogP contribution in [0.4, 0.5) is 0 Å². The average Bonchev–Trinajstić information content (AvgIpc) is 3.09. The normalized spacial score (nSPS) is 13.2. The van der Waals surface area contributed by atoms with E-state index in [-0.39, 0.29) is 11.5 Å². The fourth-order valence-electron chi connectivity index (χ4n) is 3.22. The Bertz CT molecular complexity index is 960. The van der Waals surface area contributed by atoms with Gasteiger partial charge in [0.2, 0.25) is 0 Å². The fourth-order valence-corrected chi connectivity index (χ4v) is 3.22. The second kappa shape index (κ2) is 9.57. The van der Waals surface area contributed by atoms with Gasteiger partial charge >= 0.3 is 0 Å². The molecule has 0 aliphatic rings. The van der Waals surface area contributed by atoms with E-state index in [4.69, 9.17) is 4.99 Å². The molecule has 30 heavy (non-hydrogen) atoms. The molecular formula is C24H32N6. The third kappa shape index (κ3) is 5.47. The number of aryl methyl sites for hydroxylation is 1. The van der Waals surface area contributed by atoms with E-state index in [0.717, 1.165) is 24.2 Å². The zero-order valence-electron chi connectivity index (χ0n) is 18.6. The monoisotopic (exact) mass is 404 g/mol. The lowest BCUT2D eigenvalue weighted by molar-refractivity contribution is 0.505. The number of aliphatic imine (C=N–C) groups is 1. The highest BCUT2D eigenvalue weighted by Crippen LogP contribution is 2.21. The van der Waals surface area contributed by atoms with Crippen molar-refractivity contribution in [3.8, 4) is 0 Å². The first kappa shape index (κ1) is 21.6. The second-order valence-corrected chi connectivity index (χ2v) is 8.27. The molecule has 0 saturated carbocycles. The Labute approximate surface area is 179 Å². The Morgan fingerprint density at radius 3 is 2.27 bits per heavy atom. The van der Waals surface area contributed by atoms with Crippen molar-refractivity contribution in [1.29, 1.82) is 0 Å². The third-order valence-corrected chi connectivity index (χ3v) is 5.47. The van der Waals surface area contributed by atoms with Gasteiger partial charge in [-0.2, -0.15) is 0 Å². The Morgan fingerprint density at radius 1 is 1.03 bits per heavy atom. The van der Waals surface area contributed by atoms with E-state index in [2.05, 4.69) is 90.1 Å². The van der Waals surface area contributed by atoms with Crippen LogP contribution in [0.15, 0.2) is 65.7 Å². The van der Waals surface area contributed by atoms with Gasteiger partial charge in [0.15, 0.2) is 11.8 Å². The zero-order chi connectivity index (χ0) is 21.6. The molecule has 3 aromatic rings. The lowest BCUT2D eigenvalue weighted by atomic mass is 9.85. The first-order chi connectivity index (χ1) is 14.4. The molecule has 6 nitrogen and oxygen atoms in total. The van der Waals surface area contributed by atoms with Gasteiger partial charge in [-0.1, -0.05) is 74.5 Å². The number of nitrogens with zero attached hydrogens (tertiary/aromatic N) is 4. The van der Waals surface area contributed by atoms with Gasteiger partial charge in [0.05, 0.1) is 6.04 Å².